The summed E-state index contributed by atoms with van der Waals surface area (Å²) in [6.45, 7) is 9.31. The first-order chi connectivity index (χ1) is 20.1. The van der Waals surface area contributed by atoms with Crippen molar-refractivity contribution >= 4 is 28.7 Å². The van der Waals surface area contributed by atoms with Gasteiger partial charge in [0.15, 0.2) is 0 Å². The molecule has 0 bridgehead atoms. The van der Waals surface area contributed by atoms with E-state index in [1.54, 1.807) is 14.2 Å². The van der Waals surface area contributed by atoms with E-state index >= 15 is 0 Å². The number of likely N-dealkylation sites (tertiary alicyclic amines) is 1. The minimum absolute atomic E-state index is 0.00370. The van der Waals surface area contributed by atoms with Gasteiger partial charge < -0.3 is 35.3 Å². The molecule has 0 unspecified atom stereocenters. The molecule has 2 atom stereocenters. The van der Waals surface area contributed by atoms with Crippen molar-refractivity contribution in [3.05, 3.63) is 53.9 Å². The summed E-state index contributed by atoms with van der Waals surface area (Å²) in [4.78, 5) is 32.8. The maximum Gasteiger partial charge on any atom is 0.319 e. The quantitative estimate of drug-likeness (QED) is 0.285. The first-order valence-corrected chi connectivity index (χ1v) is 14.8. The minimum Gasteiger partial charge on any atom is -0.495 e. The number of amides is 3. The summed E-state index contributed by atoms with van der Waals surface area (Å²) in [6, 6.07) is 13.0. The fourth-order valence-electron chi connectivity index (χ4n) is 5.51. The molecule has 10 nitrogen and oxygen atoms in total. The highest BCUT2D eigenvalue weighted by Crippen LogP contribution is 2.32. The molecule has 1 saturated heterocycles. The second-order valence-corrected chi connectivity index (χ2v) is 12.1. The van der Waals surface area contributed by atoms with Gasteiger partial charge in [0, 0.05) is 58.3 Å². The van der Waals surface area contributed by atoms with E-state index in [1.807, 2.05) is 41.3 Å². The average molecular weight is 579 g/mol. The summed E-state index contributed by atoms with van der Waals surface area (Å²) in [7, 11) is 3.28. The first-order valence-electron chi connectivity index (χ1n) is 14.8. The molecule has 1 aliphatic rings. The fourth-order valence-corrected chi connectivity index (χ4v) is 5.51. The Bertz CT molecular complexity index is 1360. The van der Waals surface area contributed by atoms with Crippen LogP contribution in [0.4, 0.5) is 10.5 Å². The number of carbonyl (C=O) groups is 2. The maximum atomic E-state index is 13.3. The molecule has 2 heterocycles. The maximum absolute atomic E-state index is 13.3. The number of rotatable bonds is 11. The molecule has 4 N–H and O–H groups in total. The van der Waals surface area contributed by atoms with Crippen molar-refractivity contribution < 1.29 is 19.1 Å². The van der Waals surface area contributed by atoms with Crippen LogP contribution in [0.5, 0.6) is 5.75 Å². The summed E-state index contributed by atoms with van der Waals surface area (Å²) in [5.74, 6) is 1.75. The number of nitrogens with two attached hydrogens (primary N) is 1. The molecule has 42 heavy (non-hydrogen) atoms. The number of anilines is 1. The van der Waals surface area contributed by atoms with Crippen LogP contribution >= 0.6 is 0 Å². The second kappa shape index (κ2) is 14.0. The van der Waals surface area contributed by atoms with Crippen LogP contribution in [0.1, 0.15) is 63.8 Å². The summed E-state index contributed by atoms with van der Waals surface area (Å²) in [6.07, 6.45) is 2.93. The number of para-hydroxylation sites is 2. The first kappa shape index (κ1) is 31.3. The van der Waals surface area contributed by atoms with Gasteiger partial charge in [0.2, 0.25) is 5.91 Å². The van der Waals surface area contributed by atoms with Crippen LogP contribution in [0, 0.1) is 0 Å². The molecule has 10 heteroatoms. The van der Waals surface area contributed by atoms with E-state index < -0.39 is 12.1 Å². The molecule has 1 aromatic heterocycles. The van der Waals surface area contributed by atoms with Crippen molar-refractivity contribution in [3.8, 4) is 5.75 Å². The molecule has 0 saturated carbocycles. The number of piperidine rings is 1. The van der Waals surface area contributed by atoms with Crippen molar-refractivity contribution in [2.24, 2.45) is 5.73 Å². The molecule has 0 spiro atoms. The van der Waals surface area contributed by atoms with Gasteiger partial charge in [0.05, 0.1) is 23.8 Å². The van der Waals surface area contributed by atoms with Gasteiger partial charge in [-0.2, -0.15) is 0 Å². The predicted octanol–water partition coefficient (Wildman–Crippen LogP) is 4.62. The lowest BCUT2D eigenvalue weighted by Crippen LogP contribution is -2.45. The zero-order chi connectivity index (χ0) is 30.3. The Morgan fingerprint density at radius 3 is 2.69 bits per heavy atom. The van der Waals surface area contributed by atoms with E-state index in [0.717, 1.165) is 48.2 Å². The number of carbonyl (C=O) groups excluding carboxylic acids is 2. The highest BCUT2D eigenvalue weighted by Gasteiger charge is 2.29. The van der Waals surface area contributed by atoms with Crippen LogP contribution in [-0.2, 0) is 21.5 Å². The Morgan fingerprint density at radius 2 is 1.95 bits per heavy atom. The van der Waals surface area contributed by atoms with Crippen molar-refractivity contribution in [2.75, 3.05) is 45.8 Å². The van der Waals surface area contributed by atoms with E-state index in [0.29, 0.717) is 31.1 Å². The predicted molar refractivity (Wildman–Crippen MR) is 166 cm³/mol. The molecule has 1 aliphatic heterocycles. The minimum atomic E-state index is -0.509. The molecule has 2 aromatic carbocycles. The number of fused-ring (bicyclic) bond motifs is 1. The third kappa shape index (κ3) is 7.80. The number of aryl methyl sites for hydroxylation is 1. The van der Waals surface area contributed by atoms with Crippen molar-refractivity contribution in [1.82, 2.24) is 19.8 Å². The molecular formula is C32H46N6O4. The number of methoxy groups -OCH3 is 2. The molecule has 0 radical (unpaired) electrons. The van der Waals surface area contributed by atoms with E-state index in [2.05, 4.69) is 42.0 Å². The topological polar surface area (TPSA) is 124 Å². The number of imidazole rings is 1. The van der Waals surface area contributed by atoms with Gasteiger partial charge in [0.1, 0.15) is 11.6 Å². The summed E-state index contributed by atoms with van der Waals surface area (Å²) >= 11 is 0. The molecular weight excluding hydrogens is 532 g/mol. The summed E-state index contributed by atoms with van der Waals surface area (Å²) < 4.78 is 13.0. The third-order valence-electron chi connectivity index (χ3n) is 7.83. The summed E-state index contributed by atoms with van der Waals surface area (Å²) in [5.41, 5.74) is 9.97. The monoisotopic (exact) mass is 578 g/mol. The number of urea groups is 1. The smallest absolute Gasteiger partial charge is 0.319 e. The number of nitrogens with zero attached hydrogens (tertiary/aromatic N) is 3. The van der Waals surface area contributed by atoms with Gasteiger partial charge in [-0.05, 0) is 54.5 Å². The number of hydrogen-bond acceptors (Lipinski definition) is 6. The zero-order valence-electron chi connectivity index (χ0n) is 25.6. The van der Waals surface area contributed by atoms with E-state index in [9.17, 15) is 9.59 Å². The Morgan fingerprint density at radius 1 is 1.17 bits per heavy atom. The van der Waals surface area contributed by atoms with Crippen molar-refractivity contribution in [2.45, 2.75) is 70.4 Å². The van der Waals surface area contributed by atoms with Crippen molar-refractivity contribution in [1.29, 1.82) is 0 Å². The zero-order valence-corrected chi connectivity index (χ0v) is 25.6. The molecule has 4 rings (SSSR count). The fraction of sp³-hybridized carbons (Fsp3) is 0.531. The Balaban J connectivity index is 1.33. The largest absolute Gasteiger partial charge is 0.495 e. The Kier molecular flexibility index (Phi) is 10.5. The number of nitrogens with one attached hydrogen (secondary N) is 2. The van der Waals surface area contributed by atoms with Crippen LogP contribution < -0.4 is 21.1 Å². The van der Waals surface area contributed by atoms with Gasteiger partial charge in [-0.15, -0.1) is 0 Å². The Hall–Kier alpha value is -3.63. The number of benzene rings is 2. The SMILES string of the molecule is COCCCn1c([C@@H]2CCCN(C(=O)C[C@@H](N)CNC(=O)Nc3cc(C(C)(C)C)ccc3OC)C2)nc2ccccc21. The molecule has 1 fully saturated rings. The Labute approximate surface area is 248 Å². The highest BCUT2D eigenvalue weighted by molar-refractivity contribution is 5.91. The molecule has 228 valence electrons. The van der Waals surface area contributed by atoms with E-state index in [1.165, 1.54) is 0 Å². The van der Waals surface area contributed by atoms with Gasteiger partial charge in [-0.3, -0.25) is 4.79 Å². The normalized spacial score (nSPS) is 16.3. The van der Waals surface area contributed by atoms with E-state index in [-0.39, 0.29) is 30.2 Å². The molecule has 3 aromatic rings. The highest BCUT2D eigenvalue weighted by atomic mass is 16.5. The lowest BCUT2D eigenvalue weighted by Gasteiger charge is -2.33. The summed E-state index contributed by atoms with van der Waals surface area (Å²) in [5, 5.41) is 5.67. The third-order valence-corrected chi connectivity index (χ3v) is 7.83. The van der Waals surface area contributed by atoms with Crippen LogP contribution in [0.15, 0.2) is 42.5 Å². The number of hydrogen-bond donors (Lipinski definition) is 3. The van der Waals surface area contributed by atoms with E-state index in [4.69, 9.17) is 20.2 Å². The van der Waals surface area contributed by atoms with Crippen LogP contribution in [0.3, 0.4) is 0 Å². The van der Waals surface area contributed by atoms with Gasteiger partial charge in [-0.25, -0.2) is 9.78 Å². The lowest BCUT2D eigenvalue weighted by molar-refractivity contribution is -0.132. The number of aromatic nitrogens is 2. The average Bonchev–Trinajstić information content (AvgIpc) is 3.34. The van der Waals surface area contributed by atoms with Gasteiger partial charge in [0.25, 0.3) is 0 Å². The molecule has 0 aliphatic carbocycles. The van der Waals surface area contributed by atoms with Crippen molar-refractivity contribution in [3.63, 3.8) is 0 Å². The second-order valence-electron chi connectivity index (χ2n) is 12.1. The number of ether oxygens (including phenoxy) is 2. The van der Waals surface area contributed by atoms with Crippen LogP contribution in [-0.4, -0.2) is 72.9 Å². The van der Waals surface area contributed by atoms with Gasteiger partial charge >= 0.3 is 6.03 Å². The van der Waals surface area contributed by atoms with Crippen LogP contribution in [0.25, 0.3) is 11.0 Å². The van der Waals surface area contributed by atoms with Crippen LogP contribution in [0.2, 0.25) is 0 Å². The lowest BCUT2D eigenvalue weighted by atomic mass is 9.87. The standard InChI is InChI=1S/C32H46N6O4/c1-32(2,3)23-13-14-28(42-5)26(18-23)36-31(40)34-20-24(33)19-29(39)37-15-8-10-22(21-37)30-35-25-11-6-7-12-27(25)38(30)16-9-17-41-4/h6-7,11-14,18,22,24H,8-10,15-17,19-21,33H2,1-5H3,(H2,34,36,40)/t22-,24-/m1/s1. The molecule has 3 amide bonds. The van der Waals surface area contributed by atoms with Gasteiger partial charge in [-0.1, -0.05) is 39.0 Å².